The number of rotatable bonds is 11. The summed E-state index contributed by atoms with van der Waals surface area (Å²) in [7, 11) is -2.12. The highest BCUT2D eigenvalue weighted by Crippen LogP contribution is 2.34. The standard InChI is InChI=1S/C33H39N3O6S/c1-8-41-32(37)18-25-9-10-27(40-7)19-31(25)42-21-23-15-29(28-12-14-36(22(2)3)30(28)16-23)24-11-13-34-26(17-24)20-35-43(38,39)33(4,5)6/h9-17,19-20,22H,8,18,21H2,1-7H3. The molecule has 228 valence electrons. The van der Waals surface area contributed by atoms with Crippen LogP contribution in [-0.2, 0) is 32.6 Å². The predicted octanol–water partition coefficient (Wildman–Crippen LogP) is 6.52. The van der Waals surface area contributed by atoms with Gasteiger partial charge in [0.2, 0.25) is 0 Å². The first-order valence-corrected chi connectivity index (χ1v) is 15.6. The Morgan fingerprint density at radius 2 is 1.86 bits per heavy atom. The van der Waals surface area contributed by atoms with E-state index in [1.165, 1.54) is 6.21 Å². The lowest BCUT2D eigenvalue weighted by Gasteiger charge is -2.16. The van der Waals surface area contributed by atoms with E-state index >= 15 is 0 Å². The smallest absolute Gasteiger partial charge is 0.310 e. The van der Waals surface area contributed by atoms with Crippen molar-refractivity contribution in [2.75, 3.05) is 13.7 Å². The molecular formula is C33H39N3O6S. The molecule has 0 bridgehead atoms. The first-order valence-electron chi connectivity index (χ1n) is 14.2. The fraction of sp³-hybridized carbons (Fsp3) is 0.364. The zero-order valence-electron chi connectivity index (χ0n) is 25.7. The number of pyridine rings is 1. The van der Waals surface area contributed by atoms with Crippen LogP contribution in [0.3, 0.4) is 0 Å². The van der Waals surface area contributed by atoms with Crippen molar-refractivity contribution in [2.45, 2.75) is 65.4 Å². The summed E-state index contributed by atoms with van der Waals surface area (Å²) in [5, 5.41) is 1.04. The first kappa shape index (κ1) is 31.7. The second-order valence-electron chi connectivity index (χ2n) is 11.4. The number of carbonyl (C=O) groups excluding carboxylic acids is 1. The molecule has 2 heterocycles. The lowest BCUT2D eigenvalue weighted by molar-refractivity contribution is -0.142. The molecule has 0 aliphatic carbocycles. The number of hydrogen-bond donors (Lipinski definition) is 0. The van der Waals surface area contributed by atoms with Gasteiger partial charge in [0.25, 0.3) is 10.0 Å². The average Bonchev–Trinajstić information content (AvgIpc) is 3.39. The Kier molecular flexibility index (Phi) is 9.59. The second kappa shape index (κ2) is 13.0. The Morgan fingerprint density at radius 1 is 1.09 bits per heavy atom. The van der Waals surface area contributed by atoms with E-state index in [0.717, 1.165) is 27.6 Å². The highest BCUT2D eigenvalue weighted by molar-refractivity contribution is 7.91. The maximum atomic E-state index is 12.5. The lowest BCUT2D eigenvalue weighted by Crippen LogP contribution is -2.25. The molecule has 0 unspecified atom stereocenters. The summed E-state index contributed by atoms with van der Waals surface area (Å²) >= 11 is 0. The SMILES string of the molecule is CCOC(=O)Cc1ccc(OC)cc1OCc1cc(-c2ccnc(C=NS(=O)(=O)C(C)(C)C)c2)c2ccn(C(C)C)c2c1. The Bertz CT molecular complexity index is 1750. The van der Waals surface area contributed by atoms with Crippen molar-refractivity contribution in [1.29, 1.82) is 0 Å². The van der Waals surface area contributed by atoms with Gasteiger partial charge in [-0.2, -0.15) is 4.40 Å². The Morgan fingerprint density at radius 3 is 2.53 bits per heavy atom. The van der Waals surface area contributed by atoms with E-state index in [9.17, 15) is 13.2 Å². The van der Waals surface area contributed by atoms with Crippen molar-refractivity contribution < 1.29 is 27.4 Å². The number of esters is 1. The Labute approximate surface area is 253 Å². The molecule has 0 saturated carbocycles. The van der Waals surface area contributed by atoms with E-state index in [2.05, 4.69) is 52.2 Å². The van der Waals surface area contributed by atoms with Crippen LogP contribution in [0.1, 0.15) is 64.4 Å². The molecule has 0 spiro atoms. The molecule has 0 aliphatic heterocycles. The van der Waals surface area contributed by atoms with Gasteiger partial charge in [-0.25, -0.2) is 8.42 Å². The number of fused-ring (bicyclic) bond motifs is 1. The van der Waals surface area contributed by atoms with Crippen LogP contribution in [0.4, 0.5) is 0 Å². The molecule has 43 heavy (non-hydrogen) atoms. The minimum Gasteiger partial charge on any atom is -0.497 e. The molecular weight excluding hydrogens is 566 g/mol. The predicted molar refractivity (Wildman–Crippen MR) is 169 cm³/mol. The van der Waals surface area contributed by atoms with Crippen molar-refractivity contribution in [3.63, 3.8) is 0 Å². The van der Waals surface area contributed by atoms with Gasteiger partial charge in [0.05, 0.1) is 36.8 Å². The summed E-state index contributed by atoms with van der Waals surface area (Å²) in [5.41, 5.74) is 4.89. The molecule has 0 fully saturated rings. The largest absolute Gasteiger partial charge is 0.497 e. The normalized spacial score (nSPS) is 12.3. The number of carbonyl (C=O) groups is 1. The molecule has 2 aromatic heterocycles. The topological polar surface area (TPSA) is 109 Å². The monoisotopic (exact) mass is 605 g/mol. The summed E-state index contributed by atoms with van der Waals surface area (Å²) < 4.78 is 47.0. The van der Waals surface area contributed by atoms with Crippen molar-refractivity contribution >= 4 is 33.1 Å². The number of ether oxygens (including phenoxy) is 3. The third-order valence-electron chi connectivity index (χ3n) is 6.95. The van der Waals surface area contributed by atoms with Gasteiger partial charge in [0.15, 0.2) is 0 Å². The number of benzene rings is 2. The molecule has 10 heteroatoms. The average molecular weight is 606 g/mol. The van der Waals surface area contributed by atoms with Gasteiger partial charge >= 0.3 is 5.97 Å². The summed E-state index contributed by atoms with van der Waals surface area (Å²) in [6, 6.07) is 15.5. The number of nitrogens with zero attached hydrogens (tertiary/aromatic N) is 3. The van der Waals surface area contributed by atoms with Gasteiger partial charge in [0.1, 0.15) is 18.1 Å². The second-order valence-corrected chi connectivity index (χ2v) is 13.8. The van der Waals surface area contributed by atoms with E-state index in [-0.39, 0.29) is 25.0 Å². The van der Waals surface area contributed by atoms with E-state index in [0.29, 0.717) is 29.4 Å². The van der Waals surface area contributed by atoms with Crippen LogP contribution in [0.5, 0.6) is 11.5 Å². The van der Waals surface area contributed by atoms with E-state index in [4.69, 9.17) is 14.2 Å². The summed E-state index contributed by atoms with van der Waals surface area (Å²) in [5.74, 6) is 0.825. The molecule has 4 rings (SSSR count). The third kappa shape index (κ3) is 7.43. The fourth-order valence-corrected chi connectivity index (χ4v) is 5.09. The van der Waals surface area contributed by atoms with Gasteiger partial charge in [-0.3, -0.25) is 9.78 Å². The minimum atomic E-state index is -3.70. The molecule has 0 aliphatic rings. The van der Waals surface area contributed by atoms with Gasteiger partial charge in [0, 0.05) is 41.0 Å². The molecule has 4 aromatic rings. The van der Waals surface area contributed by atoms with Crippen LogP contribution in [-0.4, -0.2) is 48.6 Å². The van der Waals surface area contributed by atoms with Crippen molar-refractivity contribution in [2.24, 2.45) is 4.40 Å². The highest BCUT2D eigenvalue weighted by Gasteiger charge is 2.27. The zero-order valence-corrected chi connectivity index (χ0v) is 26.6. The van der Waals surface area contributed by atoms with E-state index < -0.39 is 14.8 Å². The van der Waals surface area contributed by atoms with Crippen molar-refractivity contribution in [3.05, 3.63) is 77.7 Å². The first-order chi connectivity index (χ1) is 20.3. The maximum absolute atomic E-state index is 12.5. The Balaban J connectivity index is 1.74. The van der Waals surface area contributed by atoms with E-state index in [1.807, 2.05) is 18.2 Å². The van der Waals surface area contributed by atoms with Crippen LogP contribution in [0.25, 0.3) is 22.0 Å². The van der Waals surface area contributed by atoms with Crippen LogP contribution in [0, 0.1) is 0 Å². The molecule has 0 atom stereocenters. The molecule has 0 N–H and O–H groups in total. The molecule has 9 nitrogen and oxygen atoms in total. The van der Waals surface area contributed by atoms with Gasteiger partial charge in [-0.15, -0.1) is 0 Å². The van der Waals surface area contributed by atoms with E-state index in [1.54, 1.807) is 53.1 Å². The van der Waals surface area contributed by atoms with Crippen molar-refractivity contribution in [3.8, 4) is 22.6 Å². The lowest BCUT2D eigenvalue weighted by atomic mass is 9.99. The van der Waals surface area contributed by atoms with Crippen LogP contribution < -0.4 is 9.47 Å². The molecule has 0 saturated heterocycles. The zero-order chi connectivity index (χ0) is 31.4. The number of hydrogen-bond acceptors (Lipinski definition) is 7. The molecule has 0 radical (unpaired) electrons. The van der Waals surface area contributed by atoms with Gasteiger partial charge < -0.3 is 18.8 Å². The fourth-order valence-electron chi connectivity index (χ4n) is 4.53. The minimum absolute atomic E-state index is 0.0833. The van der Waals surface area contributed by atoms with Crippen LogP contribution in [0.2, 0.25) is 0 Å². The molecule has 2 aromatic carbocycles. The van der Waals surface area contributed by atoms with Gasteiger partial charge in [-0.05, 0) is 94.6 Å². The number of sulfonamides is 1. The summed E-state index contributed by atoms with van der Waals surface area (Å²) in [6.45, 7) is 11.4. The van der Waals surface area contributed by atoms with Crippen molar-refractivity contribution in [1.82, 2.24) is 9.55 Å². The van der Waals surface area contributed by atoms with Crippen LogP contribution in [0.15, 0.2) is 65.3 Å². The molecule has 0 amide bonds. The van der Waals surface area contributed by atoms with Gasteiger partial charge in [-0.1, -0.05) is 6.07 Å². The summed E-state index contributed by atoms with van der Waals surface area (Å²) in [4.78, 5) is 16.6. The maximum Gasteiger partial charge on any atom is 0.310 e. The quantitative estimate of drug-likeness (QED) is 0.141. The number of aromatic nitrogens is 2. The summed E-state index contributed by atoms with van der Waals surface area (Å²) in [6.07, 6.45) is 5.08. The highest BCUT2D eigenvalue weighted by atomic mass is 32.2. The Hall–Kier alpha value is -4.18. The number of methoxy groups -OCH3 is 1. The third-order valence-corrected chi connectivity index (χ3v) is 8.88. The van der Waals surface area contributed by atoms with Crippen LogP contribution >= 0.6 is 0 Å².